The van der Waals surface area contributed by atoms with Gasteiger partial charge in [0.05, 0.1) is 20.3 Å². The first-order valence-corrected chi connectivity index (χ1v) is 10.2. The molecule has 2 heterocycles. The van der Waals surface area contributed by atoms with Gasteiger partial charge in [0.15, 0.2) is 0 Å². The predicted molar refractivity (Wildman–Crippen MR) is 108 cm³/mol. The molecule has 2 aromatic carbocycles. The molecule has 0 amide bonds. The van der Waals surface area contributed by atoms with Crippen molar-refractivity contribution in [2.75, 3.05) is 20.3 Å². The molecular formula is C23H27F3N2O2. The Morgan fingerprint density at radius 3 is 2.60 bits per heavy atom. The largest absolute Gasteiger partial charge is 0.496 e. The number of benzene rings is 2. The third-order valence-electron chi connectivity index (χ3n) is 6.26. The zero-order valence-electron chi connectivity index (χ0n) is 17.2. The van der Waals surface area contributed by atoms with Gasteiger partial charge in [-0.25, -0.2) is 0 Å². The maximum absolute atomic E-state index is 14.6. The van der Waals surface area contributed by atoms with Gasteiger partial charge in [-0.15, -0.1) is 0 Å². The normalized spacial score (nSPS) is 23.6. The Kier molecular flexibility index (Phi) is 5.79. The summed E-state index contributed by atoms with van der Waals surface area (Å²) in [4.78, 5) is 0. The van der Waals surface area contributed by atoms with Crippen LogP contribution in [0.25, 0.3) is 0 Å². The number of alkyl halides is 3. The molecule has 0 spiro atoms. The molecule has 4 nitrogen and oxygen atoms in total. The molecule has 0 aliphatic carbocycles. The molecule has 4 rings (SSSR count). The lowest BCUT2D eigenvalue weighted by molar-refractivity contribution is -0.198. The number of rotatable bonds is 5. The van der Waals surface area contributed by atoms with E-state index < -0.39 is 11.7 Å². The quantitative estimate of drug-likeness (QED) is 0.760. The fraction of sp³-hybridized carbons (Fsp3) is 0.478. The van der Waals surface area contributed by atoms with Crippen LogP contribution in [0.4, 0.5) is 13.2 Å². The number of nitrogens with one attached hydrogen (secondary N) is 2. The first kappa shape index (κ1) is 21.2. The van der Waals surface area contributed by atoms with E-state index in [0.29, 0.717) is 32.6 Å². The van der Waals surface area contributed by atoms with Crippen LogP contribution >= 0.6 is 0 Å². The van der Waals surface area contributed by atoms with Crippen LogP contribution in [0.1, 0.15) is 41.6 Å². The molecule has 30 heavy (non-hydrogen) atoms. The Labute approximate surface area is 174 Å². The zero-order valence-corrected chi connectivity index (χ0v) is 17.2. The van der Waals surface area contributed by atoms with E-state index in [2.05, 4.69) is 10.6 Å². The lowest BCUT2D eigenvalue weighted by atomic mass is 9.85. The molecule has 0 radical (unpaired) electrons. The summed E-state index contributed by atoms with van der Waals surface area (Å²) in [6, 6.07) is 12.4. The summed E-state index contributed by atoms with van der Waals surface area (Å²) < 4.78 is 54.6. The maximum atomic E-state index is 14.6. The molecule has 162 valence electrons. The number of hydrogen-bond acceptors (Lipinski definition) is 4. The van der Waals surface area contributed by atoms with Crippen molar-refractivity contribution in [3.05, 3.63) is 64.7 Å². The molecule has 0 saturated carbocycles. The number of hydrogen-bond donors (Lipinski definition) is 2. The minimum absolute atomic E-state index is 0.0976. The Hall–Kier alpha value is -2.09. The van der Waals surface area contributed by atoms with Crippen molar-refractivity contribution in [1.29, 1.82) is 0 Å². The fourth-order valence-electron chi connectivity index (χ4n) is 4.51. The van der Waals surface area contributed by atoms with Crippen molar-refractivity contribution in [2.45, 2.75) is 50.2 Å². The van der Waals surface area contributed by atoms with Crippen molar-refractivity contribution >= 4 is 0 Å². The third kappa shape index (κ3) is 3.82. The Morgan fingerprint density at radius 2 is 1.90 bits per heavy atom. The highest BCUT2D eigenvalue weighted by Crippen LogP contribution is 2.45. The molecule has 2 aliphatic heterocycles. The monoisotopic (exact) mass is 420 g/mol. The molecule has 2 N–H and O–H groups in total. The lowest BCUT2D eigenvalue weighted by Crippen LogP contribution is -2.56. The smallest absolute Gasteiger partial charge is 0.410 e. The van der Waals surface area contributed by atoms with Crippen molar-refractivity contribution in [3.63, 3.8) is 0 Å². The van der Waals surface area contributed by atoms with E-state index in [1.165, 1.54) is 14.0 Å². The van der Waals surface area contributed by atoms with Crippen LogP contribution < -0.4 is 15.4 Å². The summed E-state index contributed by atoms with van der Waals surface area (Å²) in [6.07, 6.45) is -3.25. The summed E-state index contributed by atoms with van der Waals surface area (Å²) in [6.45, 7) is 2.75. The van der Waals surface area contributed by atoms with Gasteiger partial charge in [-0.2, -0.15) is 13.2 Å². The molecule has 1 saturated heterocycles. The highest BCUT2D eigenvalue weighted by molar-refractivity contribution is 5.48. The Morgan fingerprint density at radius 1 is 1.13 bits per heavy atom. The van der Waals surface area contributed by atoms with Gasteiger partial charge in [0.1, 0.15) is 11.3 Å². The standard InChI is InChI=1S/C23H27F3N2O2/c1-22(23(24,25)26,18-12-17-14-30-11-9-16(17)13-20(18)29-2)28-19-8-10-27-21(19)15-6-4-3-5-7-15/h3-7,12-13,19,21,27-28H,8-11,14H2,1-2H3. The summed E-state index contributed by atoms with van der Waals surface area (Å²) in [7, 11) is 1.42. The van der Waals surface area contributed by atoms with Crippen LogP contribution in [0, 0.1) is 0 Å². The van der Waals surface area contributed by atoms with Gasteiger partial charge < -0.3 is 14.8 Å². The number of fused-ring (bicyclic) bond motifs is 1. The van der Waals surface area contributed by atoms with Crippen LogP contribution in [-0.2, 0) is 23.3 Å². The molecular weight excluding hydrogens is 393 g/mol. The zero-order chi connectivity index (χ0) is 21.4. The van der Waals surface area contributed by atoms with Gasteiger partial charge in [0.25, 0.3) is 0 Å². The molecule has 7 heteroatoms. The second-order valence-corrected chi connectivity index (χ2v) is 8.13. The first-order valence-electron chi connectivity index (χ1n) is 10.2. The molecule has 2 aliphatic rings. The molecule has 0 aromatic heterocycles. The first-order chi connectivity index (χ1) is 14.3. The molecule has 3 unspecified atom stereocenters. The van der Waals surface area contributed by atoms with E-state index in [9.17, 15) is 13.2 Å². The molecule has 1 fully saturated rings. The summed E-state index contributed by atoms with van der Waals surface area (Å²) in [5.41, 5.74) is 0.576. The van der Waals surface area contributed by atoms with Gasteiger partial charge in [-0.1, -0.05) is 30.3 Å². The van der Waals surface area contributed by atoms with Crippen molar-refractivity contribution in [1.82, 2.24) is 10.6 Å². The van der Waals surface area contributed by atoms with Gasteiger partial charge in [-0.3, -0.25) is 5.32 Å². The predicted octanol–water partition coefficient (Wildman–Crippen LogP) is 4.24. The SMILES string of the molecule is COc1cc2c(cc1C(C)(NC1CCNC1c1ccccc1)C(F)(F)F)COCC2. The average molecular weight is 420 g/mol. The second-order valence-electron chi connectivity index (χ2n) is 8.13. The van der Waals surface area contributed by atoms with E-state index in [0.717, 1.165) is 16.7 Å². The summed E-state index contributed by atoms with van der Waals surface area (Å²) >= 11 is 0. The molecule has 2 aromatic rings. The topological polar surface area (TPSA) is 42.5 Å². The lowest BCUT2D eigenvalue weighted by Gasteiger charge is -2.39. The highest BCUT2D eigenvalue weighted by Gasteiger charge is 2.55. The summed E-state index contributed by atoms with van der Waals surface area (Å²) in [5, 5.41) is 6.32. The minimum atomic E-state index is -4.52. The molecule has 3 atom stereocenters. The third-order valence-corrected chi connectivity index (χ3v) is 6.26. The number of methoxy groups -OCH3 is 1. The van der Waals surface area contributed by atoms with Crippen molar-refractivity contribution in [3.8, 4) is 5.75 Å². The van der Waals surface area contributed by atoms with Crippen molar-refractivity contribution in [2.24, 2.45) is 0 Å². The van der Waals surface area contributed by atoms with Gasteiger partial charge >= 0.3 is 6.18 Å². The van der Waals surface area contributed by atoms with Gasteiger partial charge in [-0.05, 0) is 55.1 Å². The minimum Gasteiger partial charge on any atom is -0.496 e. The maximum Gasteiger partial charge on any atom is 0.410 e. The Balaban J connectivity index is 1.74. The Bertz CT molecular complexity index is 888. The highest BCUT2D eigenvalue weighted by atomic mass is 19.4. The van der Waals surface area contributed by atoms with Crippen molar-refractivity contribution < 1.29 is 22.6 Å². The number of halogens is 3. The van der Waals surface area contributed by atoms with E-state index in [4.69, 9.17) is 9.47 Å². The fourth-order valence-corrected chi connectivity index (χ4v) is 4.51. The van der Waals surface area contributed by atoms with Crippen LogP contribution in [0.15, 0.2) is 42.5 Å². The molecule has 0 bridgehead atoms. The van der Waals surface area contributed by atoms with Crippen LogP contribution in [0.3, 0.4) is 0 Å². The average Bonchev–Trinajstić information content (AvgIpc) is 3.20. The van der Waals surface area contributed by atoms with Gasteiger partial charge in [0, 0.05) is 17.6 Å². The summed E-state index contributed by atoms with van der Waals surface area (Å²) in [5.74, 6) is 0.255. The van der Waals surface area contributed by atoms with E-state index in [1.807, 2.05) is 30.3 Å². The van der Waals surface area contributed by atoms with Crippen LogP contribution in [0.5, 0.6) is 5.75 Å². The van der Waals surface area contributed by atoms with E-state index in [-0.39, 0.29) is 23.4 Å². The van der Waals surface area contributed by atoms with Crippen LogP contribution in [-0.4, -0.2) is 32.5 Å². The van der Waals surface area contributed by atoms with E-state index in [1.54, 1.807) is 12.1 Å². The van der Waals surface area contributed by atoms with Gasteiger partial charge in [0.2, 0.25) is 0 Å². The van der Waals surface area contributed by atoms with E-state index >= 15 is 0 Å². The second kappa shape index (κ2) is 8.21. The van der Waals surface area contributed by atoms with Crippen LogP contribution in [0.2, 0.25) is 0 Å². The number of ether oxygens (including phenoxy) is 2.